The molecule has 1 atom stereocenters. The Morgan fingerprint density at radius 3 is 3.05 bits per heavy atom. The van der Waals surface area contributed by atoms with E-state index >= 15 is 0 Å². The maximum absolute atomic E-state index is 13.9. The third-order valence-corrected chi connectivity index (χ3v) is 3.30. The van der Waals surface area contributed by atoms with E-state index in [1.165, 1.54) is 6.07 Å². The Labute approximate surface area is 109 Å². The molecule has 0 saturated heterocycles. The molecule has 3 rings (SSSR count). The van der Waals surface area contributed by atoms with Crippen LogP contribution in [0.5, 0.6) is 0 Å². The predicted octanol–water partition coefficient (Wildman–Crippen LogP) is 2.52. The molecular formula is C13H14F2N4. The van der Waals surface area contributed by atoms with Gasteiger partial charge in [-0.05, 0) is 24.6 Å². The lowest BCUT2D eigenvalue weighted by Gasteiger charge is -2.25. The Balaban J connectivity index is 2.07. The minimum Gasteiger partial charge on any atom is -0.354 e. The van der Waals surface area contributed by atoms with Crippen molar-refractivity contribution in [2.75, 3.05) is 11.9 Å². The molecule has 0 fully saturated rings. The van der Waals surface area contributed by atoms with E-state index in [4.69, 9.17) is 0 Å². The van der Waals surface area contributed by atoms with Crippen molar-refractivity contribution in [1.82, 2.24) is 14.8 Å². The summed E-state index contributed by atoms with van der Waals surface area (Å²) >= 11 is 0. The monoisotopic (exact) mass is 264 g/mol. The van der Waals surface area contributed by atoms with Gasteiger partial charge in [-0.1, -0.05) is 6.92 Å². The first-order valence-electron chi connectivity index (χ1n) is 6.33. The van der Waals surface area contributed by atoms with Gasteiger partial charge in [-0.15, -0.1) is 0 Å². The fourth-order valence-electron chi connectivity index (χ4n) is 2.36. The highest BCUT2D eigenvalue weighted by molar-refractivity contribution is 5.33. The normalized spacial score (nSPS) is 17.9. The van der Waals surface area contributed by atoms with Crippen LogP contribution >= 0.6 is 0 Å². The summed E-state index contributed by atoms with van der Waals surface area (Å²) in [7, 11) is 0. The molecule has 0 aliphatic carbocycles. The summed E-state index contributed by atoms with van der Waals surface area (Å²) in [5.41, 5.74) is 0.329. The fourth-order valence-corrected chi connectivity index (χ4v) is 2.36. The molecule has 2 aromatic rings. The molecule has 1 aliphatic rings. The number of aryl methyl sites for hydroxylation is 1. The van der Waals surface area contributed by atoms with Gasteiger partial charge in [0.25, 0.3) is 0 Å². The summed E-state index contributed by atoms with van der Waals surface area (Å²) < 4.78 is 28.9. The van der Waals surface area contributed by atoms with Crippen molar-refractivity contribution >= 4 is 5.95 Å². The SMILES string of the molecule is CCc1nc2n(n1)C(c1cc(F)ccc1F)CCN2. The molecule has 1 aromatic carbocycles. The summed E-state index contributed by atoms with van der Waals surface area (Å²) in [6.45, 7) is 2.63. The van der Waals surface area contributed by atoms with Gasteiger partial charge >= 0.3 is 0 Å². The molecule has 6 heteroatoms. The maximum Gasteiger partial charge on any atom is 0.221 e. The van der Waals surface area contributed by atoms with Crippen molar-refractivity contribution in [2.24, 2.45) is 0 Å². The number of nitrogens with one attached hydrogen (secondary N) is 1. The molecule has 19 heavy (non-hydrogen) atoms. The maximum atomic E-state index is 13.9. The second-order valence-electron chi connectivity index (χ2n) is 4.55. The Kier molecular flexibility index (Phi) is 2.93. The molecule has 0 amide bonds. The number of halogens is 2. The summed E-state index contributed by atoms with van der Waals surface area (Å²) in [5, 5.41) is 7.48. The highest BCUT2D eigenvalue weighted by Gasteiger charge is 2.26. The average molecular weight is 264 g/mol. The number of hydrogen-bond acceptors (Lipinski definition) is 3. The van der Waals surface area contributed by atoms with E-state index in [-0.39, 0.29) is 6.04 Å². The van der Waals surface area contributed by atoms with E-state index in [2.05, 4.69) is 15.4 Å². The lowest BCUT2D eigenvalue weighted by Crippen LogP contribution is -2.25. The van der Waals surface area contributed by atoms with Gasteiger partial charge in [0.05, 0.1) is 6.04 Å². The van der Waals surface area contributed by atoms with Gasteiger partial charge in [0.15, 0.2) is 5.82 Å². The Morgan fingerprint density at radius 1 is 1.42 bits per heavy atom. The number of nitrogens with zero attached hydrogens (tertiary/aromatic N) is 3. The zero-order valence-corrected chi connectivity index (χ0v) is 10.5. The van der Waals surface area contributed by atoms with E-state index in [9.17, 15) is 8.78 Å². The third-order valence-electron chi connectivity index (χ3n) is 3.30. The average Bonchev–Trinajstić information content (AvgIpc) is 2.84. The molecule has 2 heterocycles. The van der Waals surface area contributed by atoms with E-state index in [0.717, 1.165) is 12.1 Å². The second kappa shape index (κ2) is 4.60. The molecule has 4 nitrogen and oxygen atoms in total. The van der Waals surface area contributed by atoms with Gasteiger partial charge in [0.2, 0.25) is 5.95 Å². The molecule has 0 bridgehead atoms. The molecule has 1 unspecified atom stereocenters. The molecule has 1 aromatic heterocycles. The minimum absolute atomic E-state index is 0.306. The van der Waals surface area contributed by atoms with Gasteiger partial charge < -0.3 is 5.32 Å². The van der Waals surface area contributed by atoms with Crippen LogP contribution in [0.2, 0.25) is 0 Å². The first-order chi connectivity index (χ1) is 9.19. The summed E-state index contributed by atoms with van der Waals surface area (Å²) in [4.78, 5) is 4.32. The predicted molar refractivity (Wildman–Crippen MR) is 67.0 cm³/mol. The summed E-state index contributed by atoms with van der Waals surface area (Å²) in [6, 6.07) is 3.21. The second-order valence-corrected chi connectivity index (χ2v) is 4.55. The van der Waals surface area contributed by atoms with Crippen molar-refractivity contribution < 1.29 is 8.78 Å². The lowest BCUT2D eigenvalue weighted by molar-refractivity contribution is 0.451. The molecule has 1 N–H and O–H groups in total. The Hall–Kier alpha value is -1.98. The van der Waals surface area contributed by atoms with Crippen molar-refractivity contribution in [3.63, 3.8) is 0 Å². The summed E-state index contributed by atoms with van der Waals surface area (Å²) in [5.74, 6) is 0.475. The molecule has 1 aliphatic heterocycles. The summed E-state index contributed by atoms with van der Waals surface area (Å²) in [6.07, 6.45) is 1.36. The minimum atomic E-state index is -0.438. The topological polar surface area (TPSA) is 42.7 Å². The van der Waals surface area contributed by atoms with E-state index in [0.29, 0.717) is 36.7 Å². The van der Waals surface area contributed by atoms with Gasteiger partial charge in [0, 0.05) is 18.5 Å². The Bertz CT molecular complexity index is 609. The third kappa shape index (κ3) is 2.07. The van der Waals surface area contributed by atoms with Crippen LogP contribution < -0.4 is 5.32 Å². The molecular weight excluding hydrogens is 250 g/mol. The highest BCUT2D eigenvalue weighted by atomic mass is 19.1. The highest BCUT2D eigenvalue weighted by Crippen LogP contribution is 2.30. The molecule has 0 radical (unpaired) electrons. The van der Waals surface area contributed by atoms with Gasteiger partial charge in [-0.2, -0.15) is 10.1 Å². The fraction of sp³-hybridized carbons (Fsp3) is 0.385. The van der Waals surface area contributed by atoms with Crippen LogP contribution in [0.4, 0.5) is 14.7 Å². The van der Waals surface area contributed by atoms with Crippen molar-refractivity contribution in [1.29, 1.82) is 0 Å². The first-order valence-corrected chi connectivity index (χ1v) is 6.33. The number of benzene rings is 1. The number of rotatable bonds is 2. The largest absolute Gasteiger partial charge is 0.354 e. The van der Waals surface area contributed by atoms with Gasteiger partial charge in [0.1, 0.15) is 11.6 Å². The zero-order chi connectivity index (χ0) is 13.4. The molecule has 0 spiro atoms. The lowest BCUT2D eigenvalue weighted by atomic mass is 10.0. The number of aromatic nitrogens is 3. The number of fused-ring (bicyclic) bond motifs is 1. The van der Waals surface area contributed by atoms with Crippen molar-refractivity contribution in [2.45, 2.75) is 25.8 Å². The quantitative estimate of drug-likeness (QED) is 0.906. The van der Waals surface area contributed by atoms with Crippen LogP contribution in [0.15, 0.2) is 18.2 Å². The number of anilines is 1. The Morgan fingerprint density at radius 2 is 2.26 bits per heavy atom. The standard InChI is InChI=1S/C13H14F2N4/c1-2-12-17-13-16-6-5-11(19(13)18-12)9-7-8(14)3-4-10(9)15/h3-4,7,11H,2,5-6H2,1H3,(H,16,17,18). The van der Waals surface area contributed by atoms with Crippen molar-refractivity contribution in [3.8, 4) is 0 Å². The van der Waals surface area contributed by atoms with Gasteiger partial charge in [-0.3, -0.25) is 0 Å². The molecule has 0 saturated carbocycles. The smallest absolute Gasteiger partial charge is 0.221 e. The van der Waals surface area contributed by atoms with E-state index in [1.54, 1.807) is 4.68 Å². The van der Waals surface area contributed by atoms with Gasteiger partial charge in [-0.25, -0.2) is 13.5 Å². The van der Waals surface area contributed by atoms with E-state index in [1.807, 2.05) is 6.92 Å². The molecule has 100 valence electrons. The van der Waals surface area contributed by atoms with Crippen LogP contribution in [0.3, 0.4) is 0 Å². The zero-order valence-electron chi connectivity index (χ0n) is 10.5. The first kappa shape index (κ1) is 12.1. The van der Waals surface area contributed by atoms with Crippen LogP contribution in [0.1, 0.15) is 30.8 Å². The van der Waals surface area contributed by atoms with Crippen molar-refractivity contribution in [3.05, 3.63) is 41.2 Å². The van der Waals surface area contributed by atoms with Crippen LogP contribution in [-0.4, -0.2) is 21.3 Å². The number of hydrogen-bond donors (Lipinski definition) is 1. The van der Waals surface area contributed by atoms with Crippen LogP contribution in [0.25, 0.3) is 0 Å². The van der Waals surface area contributed by atoms with Crippen LogP contribution in [-0.2, 0) is 6.42 Å². The van der Waals surface area contributed by atoms with Crippen LogP contribution in [0, 0.1) is 11.6 Å². The van der Waals surface area contributed by atoms with E-state index < -0.39 is 11.6 Å².